The number of benzene rings is 1. The zero-order chi connectivity index (χ0) is 15.9. The lowest BCUT2D eigenvalue weighted by Gasteiger charge is -2.35. The van der Waals surface area contributed by atoms with Crippen molar-refractivity contribution < 1.29 is 9.90 Å². The Hall–Kier alpha value is -1.59. The first kappa shape index (κ1) is 16.8. The summed E-state index contributed by atoms with van der Waals surface area (Å²) in [6, 6.07) is 7.84. The summed E-state index contributed by atoms with van der Waals surface area (Å²) in [6.07, 6.45) is 0. The summed E-state index contributed by atoms with van der Waals surface area (Å²) in [7, 11) is 0. The predicted octanol–water partition coefficient (Wildman–Crippen LogP) is 1.28. The molecule has 0 radical (unpaired) electrons. The molecule has 0 spiro atoms. The fraction of sp³-hybridized carbons (Fsp3) is 0.588. The molecule has 1 N–H and O–H groups in total. The third kappa shape index (κ3) is 3.99. The first-order valence-electron chi connectivity index (χ1n) is 8.17. The SMILES string of the molecule is CCN1CCN(c2ccc(C(=O)N(CC)CCO)cc2)CC1. The smallest absolute Gasteiger partial charge is 0.253 e. The van der Waals surface area contributed by atoms with E-state index < -0.39 is 0 Å². The molecule has 5 heteroatoms. The van der Waals surface area contributed by atoms with Gasteiger partial charge in [-0.1, -0.05) is 6.92 Å². The number of piperazine rings is 1. The molecule has 5 nitrogen and oxygen atoms in total. The number of carbonyl (C=O) groups is 1. The first-order chi connectivity index (χ1) is 10.7. The Morgan fingerprint density at radius 1 is 1.14 bits per heavy atom. The summed E-state index contributed by atoms with van der Waals surface area (Å²) < 4.78 is 0. The van der Waals surface area contributed by atoms with Crippen molar-refractivity contribution in [1.82, 2.24) is 9.80 Å². The molecule has 0 unspecified atom stereocenters. The van der Waals surface area contributed by atoms with Gasteiger partial charge in [-0.15, -0.1) is 0 Å². The van der Waals surface area contributed by atoms with E-state index in [0.29, 0.717) is 18.7 Å². The molecular weight excluding hydrogens is 278 g/mol. The fourth-order valence-corrected chi connectivity index (χ4v) is 2.84. The summed E-state index contributed by atoms with van der Waals surface area (Å²) in [5.41, 5.74) is 1.86. The standard InChI is InChI=1S/C17H27N3O2/c1-3-18-9-11-20(12-10-18)16-7-5-15(6-8-16)17(22)19(4-2)13-14-21/h5-8,21H,3-4,9-14H2,1-2H3. The molecule has 1 aliphatic heterocycles. The molecule has 1 fully saturated rings. The molecule has 2 rings (SSSR count). The van der Waals surface area contributed by atoms with E-state index in [4.69, 9.17) is 5.11 Å². The van der Waals surface area contributed by atoms with Gasteiger partial charge in [0.25, 0.3) is 5.91 Å². The van der Waals surface area contributed by atoms with E-state index in [1.807, 2.05) is 31.2 Å². The number of likely N-dealkylation sites (N-methyl/N-ethyl adjacent to an activating group) is 2. The van der Waals surface area contributed by atoms with Gasteiger partial charge in [-0.05, 0) is 37.7 Å². The van der Waals surface area contributed by atoms with Gasteiger partial charge in [0.1, 0.15) is 0 Å². The van der Waals surface area contributed by atoms with Gasteiger partial charge in [0.15, 0.2) is 0 Å². The highest BCUT2D eigenvalue weighted by atomic mass is 16.3. The highest BCUT2D eigenvalue weighted by Crippen LogP contribution is 2.18. The van der Waals surface area contributed by atoms with Gasteiger partial charge < -0.3 is 19.8 Å². The minimum atomic E-state index is -0.0149. The van der Waals surface area contributed by atoms with Crippen molar-refractivity contribution in [2.24, 2.45) is 0 Å². The maximum Gasteiger partial charge on any atom is 0.253 e. The van der Waals surface area contributed by atoms with Crippen LogP contribution < -0.4 is 4.90 Å². The van der Waals surface area contributed by atoms with E-state index in [2.05, 4.69) is 16.7 Å². The quantitative estimate of drug-likeness (QED) is 0.860. The summed E-state index contributed by atoms with van der Waals surface area (Å²) in [6.45, 7) is 10.5. The minimum Gasteiger partial charge on any atom is -0.395 e. The number of carbonyl (C=O) groups excluding carboxylic acids is 1. The van der Waals surface area contributed by atoms with E-state index in [9.17, 15) is 4.79 Å². The number of aliphatic hydroxyl groups is 1. The van der Waals surface area contributed by atoms with Gasteiger partial charge in [-0.2, -0.15) is 0 Å². The van der Waals surface area contributed by atoms with Crippen LogP contribution in [0.1, 0.15) is 24.2 Å². The van der Waals surface area contributed by atoms with Crippen LogP contribution in [0.25, 0.3) is 0 Å². The Kier molecular flexibility index (Phi) is 6.21. The van der Waals surface area contributed by atoms with E-state index in [1.54, 1.807) is 4.90 Å². The first-order valence-corrected chi connectivity index (χ1v) is 8.17. The van der Waals surface area contributed by atoms with Crippen LogP contribution in [-0.4, -0.2) is 73.2 Å². The molecule has 0 aromatic heterocycles. The molecule has 1 aromatic rings. The van der Waals surface area contributed by atoms with E-state index in [0.717, 1.165) is 32.7 Å². The van der Waals surface area contributed by atoms with E-state index in [-0.39, 0.29) is 12.5 Å². The van der Waals surface area contributed by atoms with Crippen molar-refractivity contribution >= 4 is 11.6 Å². The lowest BCUT2D eigenvalue weighted by atomic mass is 10.1. The maximum absolute atomic E-state index is 12.3. The minimum absolute atomic E-state index is 0.000625. The Morgan fingerprint density at radius 2 is 1.77 bits per heavy atom. The molecule has 1 amide bonds. The third-order valence-electron chi connectivity index (χ3n) is 4.34. The molecule has 122 valence electrons. The molecule has 0 bridgehead atoms. The number of anilines is 1. The van der Waals surface area contributed by atoms with Gasteiger partial charge in [0, 0.05) is 50.5 Å². The maximum atomic E-state index is 12.3. The number of aliphatic hydroxyl groups excluding tert-OH is 1. The molecule has 1 heterocycles. The summed E-state index contributed by atoms with van der Waals surface area (Å²) in [4.78, 5) is 18.8. The Labute approximate surface area is 133 Å². The summed E-state index contributed by atoms with van der Waals surface area (Å²) in [5, 5.41) is 9.02. The predicted molar refractivity (Wildman–Crippen MR) is 89.4 cm³/mol. The molecule has 22 heavy (non-hydrogen) atoms. The topological polar surface area (TPSA) is 47.0 Å². The third-order valence-corrected chi connectivity index (χ3v) is 4.34. The highest BCUT2D eigenvalue weighted by molar-refractivity contribution is 5.94. The number of rotatable bonds is 6. The zero-order valence-electron chi connectivity index (χ0n) is 13.7. The molecule has 1 aliphatic rings. The molecule has 1 saturated heterocycles. The van der Waals surface area contributed by atoms with Crippen molar-refractivity contribution in [2.45, 2.75) is 13.8 Å². The van der Waals surface area contributed by atoms with Crippen LogP contribution >= 0.6 is 0 Å². The molecule has 0 atom stereocenters. The second-order valence-electron chi connectivity index (χ2n) is 5.58. The van der Waals surface area contributed by atoms with Gasteiger partial charge in [-0.25, -0.2) is 0 Å². The number of hydrogen-bond acceptors (Lipinski definition) is 4. The molecule has 0 aliphatic carbocycles. The lowest BCUT2D eigenvalue weighted by Crippen LogP contribution is -2.46. The van der Waals surface area contributed by atoms with Crippen LogP contribution in [0.5, 0.6) is 0 Å². The average molecular weight is 305 g/mol. The highest BCUT2D eigenvalue weighted by Gasteiger charge is 2.17. The van der Waals surface area contributed by atoms with Crippen molar-refractivity contribution in [3.8, 4) is 0 Å². The second kappa shape index (κ2) is 8.15. The van der Waals surface area contributed by atoms with E-state index >= 15 is 0 Å². The van der Waals surface area contributed by atoms with Gasteiger partial charge >= 0.3 is 0 Å². The Bertz CT molecular complexity index is 467. The Morgan fingerprint density at radius 3 is 2.27 bits per heavy atom. The monoisotopic (exact) mass is 305 g/mol. The largest absolute Gasteiger partial charge is 0.395 e. The van der Waals surface area contributed by atoms with Crippen LogP contribution in [0.15, 0.2) is 24.3 Å². The Balaban J connectivity index is 1.99. The molecule has 0 saturated carbocycles. The van der Waals surface area contributed by atoms with Crippen LogP contribution in [0.2, 0.25) is 0 Å². The van der Waals surface area contributed by atoms with Crippen molar-refractivity contribution in [2.75, 3.05) is 57.3 Å². The molecule has 1 aromatic carbocycles. The lowest BCUT2D eigenvalue weighted by molar-refractivity contribution is 0.0732. The summed E-state index contributed by atoms with van der Waals surface area (Å²) >= 11 is 0. The normalized spacial score (nSPS) is 15.9. The second-order valence-corrected chi connectivity index (χ2v) is 5.58. The van der Waals surface area contributed by atoms with Gasteiger partial charge in [0.2, 0.25) is 0 Å². The number of hydrogen-bond donors (Lipinski definition) is 1. The van der Waals surface area contributed by atoms with Crippen LogP contribution in [0.3, 0.4) is 0 Å². The number of amides is 1. The zero-order valence-corrected chi connectivity index (χ0v) is 13.7. The van der Waals surface area contributed by atoms with Crippen LogP contribution in [0, 0.1) is 0 Å². The van der Waals surface area contributed by atoms with Gasteiger partial charge in [-0.3, -0.25) is 4.79 Å². The van der Waals surface area contributed by atoms with E-state index in [1.165, 1.54) is 5.69 Å². The average Bonchev–Trinajstić information content (AvgIpc) is 2.59. The van der Waals surface area contributed by atoms with Gasteiger partial charge in [0.05, 0.1) is 6.61 Å². The van der Waals surface area contributed by atoms with Crippen LogP contribution in [-0.2, 0) is 0 Å². The fourth-order valence-electron chi connectivity index (χ4n) is 2.84. The van der Waals surface area contributed by atoms with Crippen molar-refractivity contribution in [3.63, 3.8) is 0 Å². The molecular formula is C17H27N3O2. The van der Waals surface area contributed by atoms with Crippen molar-refractivity contribution in [1.29, 1.82) is 0 Å². The summed E-state index contributed by atoms with van der Waals surface area (Å²) in [5.74, 6) is -0.0149. The van der Waals surface area contributed by atoms with Crippen molar-refractivity contribution in [3.05, 3.63) is 29.8 Å². The number of nitrogens with zero attached hydrogens (tertiary/aromatic N) is 3. The van der Waals surface area contributed by atoms with Crippen LogP contribution in [0.4, 0.5) is 5.69 Å².